The number of unbranched alkanes of at least 4 members (excludes halogenated alkanes) is 1. The Morgan fingerprint density at radius 3 is 2.54 bits per heavy atom. The topological polar surface area (TPSA) is 61.5 Å². The van der Waals surface area contributed by atoms with Crippen LogP contribution in [0.3, 0.4) is 0 Å². The van der Waals surface area contributed by atoms with Crippen LogP contribution in [0, 0.1) is 12.7 Å². The van der Waals surface area contributed by atoms with Gasteiger partial charge in [0.05, 0.1) is 6.10 Å². The molecule has 1 aliphatic heterocycles. The molecule has 0 radical (unpaired) electrons. The average Bonchev–Trinajstić information content (AvgIpc) is 2.60. The number of hydrogen-bond acceptors (Lipinski definition) is 4. The van der Waals surface area contributed by atoms with Crippen molar-refractivity contribution in [2.75, 3.05) is 6.61 Å². The van der Waals surface area contributed by atoms with E-state index < -0.39 is 6.04 Å². The first-order valence-corrected chi connectivity index (χ1v) is 8.72. The Kier molecular flexibility index (Phi) is 9.57. The lowest BCUT2D eigenvalue weighted by atomic mass is 10.1. The molecule has 1 heterocycles. The maximum absolute atomic E-state index is 12.1. The fourth-order valence-corrected chi connectivity index (χ4v) is 2.42. The first kappa shape index (κ1) is 20.6. The van der Waals surface area contributed by atoms with E-state index in [0.29, 0.717) is 13.0 Å². The molecule has 1 fully saturated rings. The summed E-state index contributed by atoms with van der Waals surface area (Å²) in [6.07, 6.45) is 4.78. The van der Waals surface area contributed by atoms with Gasteiger partial charge in [-0.15, -0.1) is 0 Å². The molecule has 0 spiro atoms. The molecule has 1 aliphatic rings. The van der Waals surface area contributed by atoms with Crippen LogP contribution in [0.4, 0.5) is 4.39 Å². The second-order valence-corrected chi connectivity index (χ2v) is 6.31. The van der Waals surface area contributed by atoms with Crippen LogP contribution in [0.25, 0.3) is 0 Å². The summed E-state index contributed by atoms with van der Waals surface area (Å²) in [5.41, 5.74) is 6.76. The van der Waals surface area contributed by atoms with E-state index in [9.17, 15) is 9.18 Å². The number of benzene rings is 1. The van der Waals surface area contributed by atoms with Crippen molar-refractivity contribution in [3.8, 4) is 0 Å². The summed E-state index contributed by atoms with van der Waals surface area (Å²) >= 11 is 0. The van der Waals surface area contributed by atoms with E-state index >= 15 is 0 Å². The van der Waals surface area contributed by atoms with Crippen molar-refractivity contribution in [3.05, 3.63) is 35.6 Å². The number of rotatable bonds is 3. The minimum Gasteiger partial charge on any atom is -0.461 e. The van der Waals surface area contributed by atoms with Gasteiger partial charge in [-0.25, -0.2) is 4.39 Å². The number of hydrogen-bond donors (Lipinski definition) is 1. The summed E-state index contributed by atoms with van der Waals surface area (Å²) < 4.78 is 23.1. The molecule has 1 saturated heterocycles. The second-order valence-electron chi connectivity index (χ2n) is 6.31. The molecule has 4 nitrogen and oxygen atoms in total. The van der Waals surface area contributed by atoms with Crippen LogP contribution in [0.2, 0.25) is 0 Å². The molecule has 0 aliphatic carbocycles. The van der Waals surface area contributed by atoms with Gasteiger partial charge in [0.2, 0.25) is 0 Å². The third-order valence-electron chi connectivity index (χ3n) is 3.89. The van der Waals surface area contributed by atoms with Crippen molar-refractivity contribution in [2.45, 2.75) is 71.1 Å². The lowest BCUT2D eigenvalue weighted by Gasteiger charge is -2.19. The van der Waals surface area contributed by atoms with Gasteiger partial charge in [0, 0.05) is 13.0 Å². The first-order chi connectivity index (χ1) is 11.4. The van der Waals surface area contributed by atoms with Gasteiger partial charge in [-0.05, 0) is 38.8 Å². The van der Waals surface area contributed by atoms with E-state index in [-0.39, 0.29) is 24.0 Å². The fourth-order valence-electron chi connectivity index (χ4n) is 2.42. The smallest absolute Gasteiger partial charge is 0.323 e. The molecule has 2 unspecified atom stereocenters. The number of aryl methyl sites for hydroxylation is 1. The Hall–Kier alpha value is -1.46. The van der Waals surface area contributed by atoms with Crippen molar-refractivity contribution in [1.29, 1.82) is 0 Å². The van der Waals surface area contributed by atoms with Gasteiger partial charge in [0.15, 0.2) is 0 Å². The van der Waals surface area contributed by atoms with Crippen LogP contribution >= 0.6 is 0 Å². The molecule has 0 aromatic heterocycles. The van der Waals surface area contributed by atoms with E-state index in [1.807, 2.05) is 13.8 Å². The lowest BCUT2D eigenvalue weighted by molar-refractivity contribution is -0.150. The van der Waals surface area contributed by atoms with Crippen LogP contribution in [-0.4, -0.2) is 30.8 Å². The van der Waals surface area contributed by atoms with Gasteiger partial charge in [0.1, 0.15) is 18.0 Å². The Bertz CT molecular complexity index is 457. The predicted octanol–water partition coefficient (Wildman–Crippen LogP) is 3.75. The maximum atomic E-state index is 12.1. The second kappa shape index (κ2) is 11.2. The SMILES string of the molecule is CCCCC1CC(C)OC(=O)[C@@H](N)CCO1.Cc1ccc(F)cc1. The van der Waals surface area contributed by atoms with Crippen molar-refractivity contribution in [1.82, 2.24) is 0 Å². The summed E-state index contributed by atoms with van der Waals surface area (Å²) in [5, 5.41) is 0. The minimum absolute atomic E-state index is 0.0986. The number of carbonyl (C=O) groups is 1. The third kappa shape index (κ3) is 8.41. The summed E-state index contributed by atoms with van der Waals surface area (Å²) in [6, 6.07) is 5.86. The van der Waals surface area contributed by atoms with Crippen molar-refractivity contribution in [3.63, 3.8) is 0 Å². The highest BCUT2D eigenvalue weighted by atomic mass is 19.1. The number of nitrogens with two attached hydrogens (primary N) is 1. The zero-order valence-electron chi connectivity index (χ0n) is 15.0. The molecule has 3 atom stereocenters. The van der Waals surface area contributed by atoms with E-state index in [0.717, 1.165) is 31.2 Å². The highest BCUT2D eigenvalue weighted by molar-refractivity contribution is 5.75. The maximum Gasteiger partial charge on any atom is 0.323 e. The predicted molar refractivity (Wildman–Crippen MR) is 93.2 cm³/mol. The highest BCUT2D eigenvalue weighted by Crippen LogP contribution is 2.16. The fraction of sp³-hybridized carbons (Fsp3) is 0.632. The van der Waals surface area contributed by atoms with Gasteiger partial charge in [-0.2, -0.15) is 0 Å². The molecule has 1 aromatic rings. The molecule has 136 valence electrons. The molecule has 0 saturated carbocycles. The van der Waals surface area contributed by atoms with Crippen LogP contribution in [-0.2, 0) is 14.3 Å². The lowest BCUT2D eigenvalue weighted by Crippen LogP contribution is -2.34. The zero-order chi connectivity index (χ0) is 17.9. The molecule has 2 rings (SSSR count). The molecule has 0 bridgehead atoms. The van der Waals surface area contributed by atoms with Gasteiger partial charge in [-0.1, -0.05) is 37.5 Å². The summed E-state index contributed by atoms with van der Waals surface area (Å²) in [4.78, 5) is 11.4. The van der Waals surface area contributed by atoms with Crippen LogP contribution < -0.4 is 5.73 Å². The highest BCUT2D eigenvalue weighted by Gasteiger charge is 2.23. The van der Waals surface area contributed by atoms with Gasteiger partial charge in [0.25, 0.3) is 0 Å². The molecular weight excluding hydrogens is 309 g/mol. The quantitative estimate of drug-likeness (QED) is 0.852. The zero-order valence-corrected chi connectivity index (χ0v) is 15.0. The van der Waals surface area contributed by atoms with E-state index in [1.54, 1.807) is 12.1 Å². The van der Waals surface area contributed by atoms with Crippen molar-refractivity contribution in [2.24, 2.45) is 5.73 Å². The van der Waals surface area contributed by atoms with Crippen molar-refractivity contribution < 1.29 is 18.7 Å². The third-order valence-corrected chi connectivity index (χ3v) is 3.89. The average molecular weight is 339 g/mol. The normalized spacial score (nSPS) is 24.7. The van der Waals surface area contributed by atoms with E-state index in [1.165, 1.54) is 12.1 Å². The van der Waals surface area contributed by atoms with E-state index in [2.05, 4.69) is 6.92 Å². The number of carbonyl (C=O) groups excluding carboxylic acids is 1. The van der Waals surface area contributed by atoms with Crippen molar-refractivity contribution >= 4 is 5.97 Å². The Morgan fingerprint density at radius 2 is 1.96 bits per heavy atom. The van der Waals surface area contributed by atoms with Crippen LogP contribution in [0.1, 0.15) is 51.5 Å². The van der Waals surface area contributed by atoms with Crippen LogP contribution in [0.5, 0.6) is 0 Å². The number of cyclic esters (lactones) is 1. The summed E-state index contributed by atoms with van der Waals surface area (Å²) in [5.74, 6) is -0.470. The van der Waals surface area contributed by atoms with E-state index in [4.69, 9.17) is 15.2 Å². The van der Waals surface area contributed by atoms with Gasteiger partial charge < -0.3 is 15.2 Å². The Balaban J connectivity index is 0.000000300. The first-order valence-electron chi connectivity index (χ1n) is 8.72. The molecule has 2 N–H and O–H groups in total. The molecule has 1 aromatic carbocycles. The standard InChI is InChI=1S/C12H23NO3.C7H7F/c1-3-4-5-10-8-9(2)16-12(14)11(13)6-7-15-10;1-6-2-4-7(8)5-3-6/h9-11H,3-8,13H2,1-2H3;2-5H,1H3/t9?,10?,11-;/m0./s1. The number of esters is 1. The molecule has 5 heteroatoms. The molecule has 0 amide bonds. The van der Waals surface area contributed by atoms with Gasteiger partial charge >= 0.3 is 5.97 Å². The number of ether oxygens (including phenoxy) is 2. The summed E-state index contributed by atoms with van der Waals surface area (Å²) in [7, 11) is 0. The van der Waals surface area contributed by atoms with Crippen LogP contribution in [0.15, 0.2) is 24.3 Å². The minimum atomic E-state index is -0.535. The Labute approximate surface area is 144 Å². The molecule has 24 heavy (non-hydrogen) atoms. The van der Waals surface area contributed by atoms with Gasteiger partial charge in [-0.3, -0.25) is 4.79 Å². The monoisotopic (exact) mass is 339 g/mol. The largest absolute Gasteiger partial charge is 0.461 e. The Morgan fingerprint density at radius 1 is 1.29 bits per heavy atom. The molecular formula is C19H30FNO3. The number of halogens is 1. The summed E-state index contributed by atoms with van der Waals surface area (Å²) in [6.45, 7) is 6.55.